The van der Waals surface area contributed by atoms with Crippen molar-refractivity contribution in [3.8, 4) is 0 Å². The smallest absolute Gasteiger partial charge is 0.408 e. The van der Waals surface area contributed by atoms with E-state index >= 15 is 0 Å². The van der Waals surface area contributed by atoms with Crippen LogP contribution in [-0.4, -0.2) is 45.5 Å². The van der Waals surface area contributed by atoms with Gasteiger partial charge in [0.2, 0.25) is 5.91 Å². The standard InChI is InChI=1S/C28H35N3O3/c1-27(2,3)28(16-9-10-17-31(28)26(33)34)25(32)30-18-15-21-23(19-11-5-4-6-12-19)29-22-14-8-7-13-20(22)24(21)30/h4-8,11-14,21,23-24,29H,9-10,15-18H2,1-3H3,(H,33,34)/t21-,23+,24+,28+/m1/s1. The van der Waals surface area contributed by atoms with Crippen LogP contribution in [0.15, 0.2) is 54.6 Å². The highest BCUT2D eigenvalue weighted by Gasteiger charge is 2.59. The topological polar surface area (TPSA) is 72.9 Å². The summed E-state index contributed by atoms with van der Waals surface area (Å²) < 4.78 is 0. The monoisotopic (exact) mass is 461 g/mol. The second-order valence-electron chi connectivity index (χ2n) is 11.0. The molecule has 0 unspecified atom stereocenters. The van der Waals surface area contributed by atoms with Gasteiger partial charge in [0.1, 0.15) is 5.54 Å². The number of anilines is 1. The molecule has 0 aromatic heterocycles. The number of nitrogens with one attached hydrogen (secondary N) is 1. The summed E-state index contributed by atoms with van der Waals surface area (Å²) in [4.78, 5) is 30.5. The highest BCUT2D eigenvalue weighted by molar-refractivity contribution is 5.91. The summed E-state index contributed by atoms with van der Waals surface area (Å²) in [5.41, 5.74) is 1.82. The van der Waals surface area contributed by atoms with Crippen molar-refractivity contribution in [2.24, 2.45) is 11.3 Å². The van der Waals surface area contributed by atoms with E-state index in [1.807, 2.05) is 43.9 Å². The zero-order valence-corrected chi connectivity index (χ0v) is 20.3. The molecule has 180 valence electrons. The minimum Gasteiger partial charge on any atom is -0.465 e. The number of piperidine rings is 1. The van der Waals surface area contributed by atoms with Crippen LogP contribution in [-0.2, 0) is 4.79 Å². The number of likely N-dealkylation sites (tertiary alicyclic amines) is 2. The lowest BCUT2D eigenvalue weighted by molar-refractivity contribution is -0.156. The first-order chi connectivity index (χ1) is 16.3. The Balaban J connectivity index is 1.60. The molecule has 0 saturated carbocycles. The molecule has 0 aliphatic carbocycles. The van der Waals surface area contributed by atoms with Crippen LogP contribution in [0.2, 0.25) is 0 Å². The minimum absolute atomic E-state index is 0.0295. The van der Waals surface area contributed by atoms with E-state index in [-0.39, 0.29) is 23.9 Å². The highest BCUT2D eigenvalue weighted by Crippen LogP contribution is 2.54. The maximum absolute atomic E-state index is 14.6. The number of para-hydroxylation sites is 1. The van der Waals surface area contributed by atoms with Gasteiger partial charge >= 0.3 is 6.09 Å². The molecule has 2 aromatic carbocycles. The van der Waals surface area contributed by atoms with Gasteiger partial charge in [-0.05, 0) is 48.3 Å². The quantitative estimate of drug-likeness (QED) is 0.602. The Bertz CT molecular complexity index is 1080. The van der Waals surface area contributed by atoms with Crippen molar-refractivity contribution in [2.45, 2.75) is 64.1 Å². The minimum atomic E-state index is -1.06. The lowest BCUT2D eigenvalue weighted by atomic mass is 9.66. The van der Waals surface area contributed by atoms with Gasteiger partial charge < -0.3 is 15.3 Å². The fourth-order valence-corrected chi connectivity index (χ4v) is 6.74. The molecule has 0 radical (unpaired) electrons. The third kappa shape index (κ3) is 3.38. The highest BCUT2D eigenvalue weighted by atomic mass is 16.4. The second-order valence-corrected chi connectivity index (χ2v) is 11.0. The SMILES string of the molecule is CC(C)(C)[C@@]1(C(=O)N2CC[C@@H]3[C@H](c4ccccc4)Nc4ccccc4[C@@H]32)CCCCN1C(=O)O. The van der Waals surface area contributed by atoms with E-state index in [1.54, 1.807) is 0 Å². The summed E-state index contributed by atoms with van der Waals surface area (Å²) in [6.07, 6.45) is 2.11. The summed E-state index contributed by atoms with van der Waals surface area (Å²) in [7, 11) is 0. The first kappa shape index (κ1) is 22.8. The molecule has 2 N–H and O–H groups in total. The Hall–Kier alpha value is -3.02. The van der Waals surface area contributed by atoms with Gasteiger partial charge in [-0.25, -0.2) is 4.79 Å². The maximum atomic E-state index is 14.6. The first-order valence-electron chi connectivity index (χ1n) is 12.5. The Morgan fingerprint density at radius 3 is 2.41 bits per heavy atom. The largest absolute Gasteiger partial charge is 0.465 e. The maximum Gasteiger partial charge on any atom is 0.408 e. The van der Waals surface area contributed by atoms with Crippen LogP contribution in [0.3, 0.4) is 0 Å². The molecule has 3 aliphatic heterocycles. The number of carbonyl (C=O) groups excluding carboxylic acids is 1. The lowest BCUT2D eigenvalue weighted by Crippen LogP contribution is -2.69. The average Bonchev–Trinajstić information content (AvgIpc) is 3.28. The summed E-state index contributed by atoms with van der Waals surface area (Å²) in [5.74, 6) is 0.193. The van der Waals surface area contributed by atoms with Crippen molar-refractivity contribution < 1.29 is 14.7 Å². The third-order valence-corrected chi connectivity index (χ3v) is 8.34. The van der Waals surface area contributed by atoms with Crippen molar-refractivity contribution in [3.63, 3.8) is 0 Å². The van der Waals surface area contributed by atoms with Crippen molar-refractivity contribution in [1.82, 2.24) is 9.80 Å². The van der Waals surface area contributed by atoms with E-state index in [0.717, 1.165) is 30.5 Å². The Labute approximate surface area is 201 Å². The molecule has 0 spiro atoms. The number of fused-ring (bicyclic) bond motifs is 3. The molecule has 6 heteroatoms. The Morgan fingerprint density at radius 2 is 1.71 bits per heavy atom. The summed E-state index contributed by atoms with van der Waals surface area (Å²) >= 11 is 0. The van der Waals surface area contributed by atoms with Crippen molar-refractivity contribution >= 4 is 17.7 Å². The number of rotatable bonds is 2. The predicted octanol–water partition coefficient (Wildman–Crippen LogP) is 5.69. The van der Waals surface area contributed by atoms with Crippen molar-refractivity contribution in [2.75, 3.05) is 18.4 Å². The molecule has 2 amide bonds. The third-order valence-electron chi connectivity index (χ3n) is 8.34. The molecular weight excluding hydrogens is 426 g/mol. The molecule has 2 fully saturated rings. The van der Waals surface area contributed by atoms with E-state index in [9.17, 15) is 14.7 Å². The fraction of sp³-hybridized carbons (Fsp3) is 0.500. The van der Waals surface area contributed by atoms with Gasteiger partial charge in [0.25, 0.3) is 0 Å². The van der Waals surface area contributed by atoms with Gasteiger partial charge in [-0.15, -0.1) is 0 Å². The number of benzene rings is 2. The van der Waals surface area contributed by atoms with Gasteiger partial charge in [0.05, 0.1) is 12.1 Å². The molecule has 3 aliphatic rings. The zero-order chi connectivity index (χ0) is 24.1. The van der Waals surface area contributed by atoms with Crippen LogP contribution in [0.1, 0.15) is 69.7 Å². The lowest BCUT2D eigenvalue weighted by Gasteiger charge is -2.54. The molecule has 2 aromatic rings. The number of carbonyl (C=O) groups is 2. The van der Waals surface area contributed by atoms with E-state index in [0.29, 0.717) is 19.5 Å². The van der Waals surface area contributed by atoms with Gasteiger partial charge in [-0.1, -0.05) is 69.3 Å². The van der Waals surface area contributed by atoms with Gasteiger partial charge in [-0.2, -0.15) is 0 Å². The molecule has 2 saturated heterocycles. The molecule has 4 atom stereocenters. The zero-order valence-electron chi connectivity index (χ0n) is 20.3. The van der Waals surface area contributed by atoms with E-state index in [4.69, 9.17) is 0 Å². The Kier molecular flexibility index (Phi) is 5.58. The fourth-order valence-electron chi connectivity index (χ4n) is 6.74. The second kappa shape index (κ2) is 8.33. The summed E-state index contributed by atoms with van der Waals surface area (Å²) in [6.45, 7) is 7.10. The van der Waals surface area contributed by atoms with Crippen molar-refractivity contribution in [3.05, 3.63) is 65.7 Å². The van der Waals surface area contributed by atoms with E-state index in [1.165, 1.54) is 10.5 Å². The summed E-state index contributed by atoms with van der Waals surface area (Å²) in [6, 6.07) is 18.7. The van der Waals surface area contributed by atoms with Crippen LogP contribution in [0.4, 0.5) is 10.5 Å². The summed E-state index contributed by atoms with van der Waals surface area (Å²) in [5, 5.41) is 13.9. The number of hydrogen-bond acceptors (Lipinski definition) is 3. The molecule has 6 nitrogen and oxygen atoms in total. The molecule has 3 heterocycles. The molecular formula is C28H35N3O3. The number of amides is 2. The van der Waals surface area contributed by atoms with E-state index < -0.39 is 17.0 Å². The average molecular weight is 462 g/mol. The van der Waals surface area contributed by atoms with Crippen LogP contribution in [0.25, 0.3) is 0 Å². The van der Waals surface area contributed by atoms with Crippen molar-refractivity contribution in [1.29, 1.82) is 0 Å². The normalized spacial score (nSPS) is 28.6. The number of nitrogens with zero attached hydrogens (tertiary/aromatic N) is 2. The molecule has 5 rings (SSSR count). The van der Waals surface area contributed by atoms with E-state index in [2.05, 4.69) is 41.7 Å². The first-order valence-corrected chi connectivity index (χ1v) is 12.5. The molecule has 34 heavy (non-hydrogen) atoms. The van der Waals surface area contributed by atoms with Gasteiger partial charge in [-0.3, -0.25) is 9.69 Å². The van der Waals surface area contributed by atoms with Gasteiger partial charge in [0.15, 0.2) is 0 Å². The number of hydrogen-bond donors (Lipinski definition) is 2. The van der Waals surface area contributed by atoms with Crippen LogP contribution in [0, 0.1) is 11.3 Å². The van der Waals surface area contributed by atoms with Crippen LogP contribution < -0.4 is 5.32 Å². The predicted molar refractivity (Wildman–Crippen MR) is 133 cm³/mol. The van der Waals surface area contributed by atoms with Crippen LogP contribution in [0.5, 0.6) is 0 Å². The van der Waals surface area contributed by atoms with Gasteiger partial charge in [0, 0.05) is 24.7 Å². The van der Waals surface area contributed by atoms with Crippen LogP contribution >= 0.6 is 0 Å². The number of carboxylic acid groups (broad SMARTS) is 1. The molecule has 0 bridgehead atoms. The Morgan fingerprint density at radius 1 is 1.00 bits per heavy atom.